The zero-order valence-corrected chi connectivity index (χ0v) is 20.1. The maximum atomic E-state index is 12.7. The molecular weight excluding hydrogens is 454 g/mol. The zero-order valence-electron chi connectivity index (χ0n) is 19.3. The standard InChI is InChI=1S/C23H25N7O3S/c1-12-11-30(3)22(24-12)15-7-8-16(18(9-15)34(4,32)33)27-17-10-19(29-23(31)14-5-6-14)28-21-20(17)25-13(2)26-21/h7-11,14H,5-6H2,1-4H3,(H3,25,26,27,28,29,31). The van der Waals surface area contributed by atoms with Gasteiger partial charge in [-0.3, -0.25) is 4.79 Å². The van der Waals surface area contributed by atoms with E-state index in [1.165, 1.54) is 6.26 Å². The summed E-state index contributed by atoms with van der Waals surface area (Å²) in [4.78, 5) is 28.9. The third-order valence-electron chi connectivity index (χ3n) is 5.68. The fourth-order valence-corrected chi connectivity index (χ4v) is 4.80. The summed E-state index contributed by atoms with van der Waals surface area (Å²) in [6.07, 6.45) is 4.80. The molecule has 5 rings (SSSR count). The summed E-state index contributed by atoms with van der Waals surface area (Å²) in [5.41, 5.74) is 3.53. The van der Waals surface area contributed by atoms with Crippen molar-refractivity contribution in [2.24, 2.45) is 13.0 Å². The van der Waals surface area contributed by atoms with Crippen molar-refractivity contribution in [3.8, 4) is 11.4 Å². The van der Waals surface area contributed by atoms with Gasteiger partial charge in [0.15, 0.2) is 15.5 Å². The SMILES string of the molecule is Cc1cn(C)c(-c2ccc(Nc3cc(NC(=O)C4CC4)nc4nc(C)[nH]c34)c(S(C)(=O)=O)c2)n1. The summed E-state index contributed by atoms with van der Waals surface area (Å²) in [6.45, 7) is 3.69. The predicted molar refractivity (Wildman–Crippen MR) is 130 cm³/mol. The highest BCUT2D eigenvalue weighted by atomic mass is 32.2. The van der Waals surface area contributed by atoms with Crippen molar-refractivity contribution < 1.29 is 13.2 Å². The number of benzene rings is 1. The first kappa shape index (κ1) is 22.1. The molecule has 1 aliphatic carbocycles. The van der Waals surface area contributed by atoms with Gasteiger partial charge in [-0.2, -0.15) is 0 Å². The minimum absolute atomic E-state index is 0.0222. The highest BCUT2D eigenvalue weighted by molar-refractivity contribution is 7.90. The van der Waals surface area contributed by atoms with Gasteiger partial charge in [-0.05, 0) is 44.9 Å². The summed E-state index contributed by atoms with van der Waals surface area (Å²) >= 11 is 0. The van der Waals surface area contributed by atoms with Crippen molar-refractivity contribution in [2.45, 2.75) is 31.6 Å². The third-order valence-corrected chi connectivity index (χ3v) is 6.82. The molecule has 3 N–H and O–H groups in total. The number of nitrogens with zero attached hydrogens (tertiary/aromatic N) is 4. The van der Waals surface area contributed by atoms with E-state index in [0.717, 1.165) is 18.5 Å². The second-order valence-corrected chi connectivity index (χ2v) is 10.7. The molecule has 0 unspecified atom stereocenters. The summed E-state index contributed by atoms with van der Waals surface area (Å²) in [6, 6.07) is 6.84. The number of sulfone groups is 1. The Labute approximate surface area is 196 Å². The average Bonchev–Trinajstić information content (AvgIpc) is 3.45. The van der Waals surface area contributed by atoms with E-state index in [9.17, 15) is 13.2 Å². The Balaban J connectivity index is 1.58. The molecule has 0 aliphatic heterocycles. The minimum atomic E-state index is -3.58. The van der Waals surface area contributed by atoms with Crippen LogP contribution in [0.5, 0.6) is 0 Å². The Bertz CT molecular complexity index is 1550. The molecule has 1 saturated carbocycles. The van der Waals surface area contributed by atoms with Crippen LogP contribution in [-0.4, -0.2) is 45.1 Å². The second kappa shape index (κ2) is 7.94. The monoisotopic (exact) mass is 479 g/mol. The van der Waals surface area contributed by atoms with Crippen molar-refractivity contribution in [3.63, 3.8) is 0 Å². The number of rotatable bonds is 6. The number of nitrogens with one attached hydrogen (secondary N) is 3. The number of pyridine rings is 1. The number of imidazole rings is 2. The van der Waals surface area contributed by atoms with E-state index in [1.807, 2.05) is 30.8 Å². The molecule has 3 aromatic heterocycles. The lowest BCUT2D eigenvalue weighted by Crippen LogP contribution is -2.14. The van der Waals surface area contributed by atoms with Crippen LogP contribution in [0.1, 0.15) is 24.4 Å². The highest BCUT2D eigenvalue weighted by Gasteiger charge is 2.30. The van der Waals surface area contributed by atoms with Crippen LogP contribution in [0.15, 0.2) is 35.4 Å². The number of aromatic nitrogens is 5. The van der Waals surface area contributed by atoms with Crippen molar-refractivity contribution >= 4 is 44.1 Å². The van der Waals surface area contributed by atoms with Crippen molar-refractivity contribution in [1.29, 1.82) is 0 Å². The maximum absolute atomic E-state index is 12.7. The van der Waals surface area contributed by atoms with Crippen LogP contribution in [-0.2, 0) is 21.7 Å². The molecule has 34 heavy (non-hydrogen) atoms. The minimum Gasteiger partial charge on any atom is -0.353 e. The van der Waals surface area contributed by atoms with E-state index < -0.39 is 9.84 Å². The quantitative estimate of drug-likeness (QED) is 0.385. The Morgan fingerprint density at radius 3 is 2.53 bits per heavy atom. The number of carbonyl (C=O) groups is 1. The largest absolute Gasteiger partial charge is 0.353 e. The molecule has 4 aromatic rings. The van der Waals surface area contributed by atoms with Crippen LogP contribution in [0.3, 0.4) is 0 Å². The molecule has 11 heteroatoms. The van der Waals surface area contributed by atoms with Crippen LogP contribution < -0.4 is 10.6 Å². The summed E-state index contributed by atoms with van der Waals surface area (Å²) in [7, 11) is -1.71. The number of amides is 1. The van der Waals surface area contributed by atoms with Gasteiger partial charge in [0.1, 0.15) is 23.0 Å². The number of aryl methyl sites for hydroxylation is 3. The molecule has 1 amide bonds. The van der Waals surface area contributed by atoms with Crippen LogP contribution in [0.25, 0.3) is 22.6 Å². The first-order valence-corrected chi connectivity index (χ1v) is 12.8. The number of H-pyrrole nitrogens is 1. The van der Waals surface area contributed by atoms with E-state index >= 15 is 0 Å². The van der Waals surface area contributed by atoms with Crippen molar-refractivity contribution in [2.75, 3.05) is 16.9 Å². The van der Waals surface area contributed by atoms with E-state index in [1.54, 1.807) is 25.1 Å². The molecule has 1 fully saturated rings. The smallest absolute Gasteiger partial charge is 0.228 e. The van der Waals surface area contributed by atoms with Gasteiger partial charge >= 0.3 is 0 Å². The van der Waals surface area contributed by atoms with Gasteiger partial charge in [0.25, 0.3) is 0 Å². The molecule has 10 nitrogen and oxygen atoms in total. The highest BCUT2D eigenvalue weighted by Crippen LogP contribution is 2.34. The molecule has 0 bridgehead atoms. The van der Waals surface area contributed by atoms with Gasteiger partial charge in [0.05, 0.1) is 22.0 Å². The molecule has 0 saturated heterocycles. The summed E-state index contributed by atoms with van der Waals surface area (Å²) in [5, 5.41) is 6.07. The number of anilines is 3. The first-order valence-electron chi connectivity index (χ1n) is 10.9. The summed E-state index contributed by atoms with van der Waals surface area (Å²) < 4.78 is 27.3. The van der Waals surface area contributed by atoms with Gasteiger partial charge in [-0.15, -0.1) is 0 Å². The van der Waals surface area contributed by atoms with Crippen LogP contribution in [0.4, 0.5) is 17.2 Å². The molecule has 0 radical (unpaired) electrons. The topological polar surface area (TPSA) is 135 Å². The number of hydrogen-bond acceptors (Lipinski definition) is 7. The first-order chi connectivity index (χ1) is 16.1. The predicted octanol–water partition coefficient (Wildman–Crippen LogP) is 3.47. The van der Waals surface area contributed by atoms with Crippen LogP contribution in [0.2, 0.25) is 0 Å². The Kier molecular flexibility index (Phi) is 5.16. The number of hydrogen-bond donors (Lipinski definition) is 3. The van der Waals surface area contributed by atoms with E-state index in [-0.39, 0.29) is 16.7 Å². The van der Waals surface area contributed by atoms with Gasteiger partial charge < -0.3 is 20.2 Å². The number of fused-ring (bicyclic) bond motifs is 1. The lowest BCUT2D eigenvalue weighted by molar-refractivity contribution is -0.117. The number of carbonyl (C=O) groups excluding carboxylic acids is 1. The zero-order chi connectivity index (χ0) is 24.2. The molecule has 3 heterocycles. The van der Waals surface area contributed by atoms with Crippen LogP contribution in [0, 0.1) is 19.8 Å². The fourth-order valence-electron chi connectivity index (χ4n) is 3.94. The Hall–Kier alpha value is -3.73. The molecular formula is C23H25N7O3S. The molecule has 0 spiro atoms. The van der Waals surface area contributed by atoms with Gasteiger partial charge in [-0.25, -0.2) is 23.4 Å². The maximum Gasteiger partial charge on any atom is 0.228 e. The molecule has 0 atom stereocenters. The fraction of sp³-hybridized carbons (Fsp3) is 0.304. The third kappa shape index (κ3) is 4.26. The molecule has 176 valence electrons. The Morgan fingerprint density at radius 1 is 1.12 bits per heavy atom. The lowest BCUT2D eigenvalue weighted by atomic mass is 10.2. The Morgan fingerprint density at radius 2 is 1.88 bits per heavy atom. The summed E-state index contributed by atoms with van der Waals surface area (Å²) in [5.74, 6) is 1.64. The average molecular weight is 480 g/mol. The second-order valence-electron chi connectivity index (χ2n) is 8.76. The molecule has 1 aliphatic rings. The van der Waals surface area contributed by atoms with E-state index in [0.29, 0.717) is 45.6 Å². The van der Waals surface area contributed by atoms with Gasteiger partial charge in [-0.1, -0.05) is 0 Å². The lowest BCUT2D eigenvalue weighted by Gasteiger charge is -2.14. The molecule has 1 aromatic carbocycles. The van der Waals surface area contributed by atoms with E-state index in [2.05, 4.69) is 30.6 Å². The van der Waals surface area contributed by atoms with Crippen LogP contribution >= 0.6 is 0 Å². The van der Waals surface area contributed by atoms with E-state index in [4.69, 9.17) is 0 Å². The van der Waals surface area contributed by atoms with Crippen molar-refractivity contribution in [1.82, 2.24) is 24.5 Å². The van der Waals surface area contributed by atoms with Gasteiger partial charge in [0, 0.05) is 37.0 Å². The van der Waals surface area contributed by atoms with Gasteiger partial charge in [0.2, 0.25) is 5.91 Å². The van der Waals surface area contributed by atoms with Crippen molar-refractivity contribution in [3.05, 3.63) is 42.0 Å². The number of aromatic amines is 1. The normalized spacial score (nSPS) is 13.9.